The van der Waals surface area contributed by atoms with Gasteiger partial charge < -0.3 is 0 Å². The summed E-state index contributed by atoms with van der Waals surface area (Å²) in [6.07, 6.45) is 3.73. The Labute approximate surface area is 168 Å². The van der Waals surface area contributed by atoms with Crippen LogP contribution in [0.2, 0.25) is 0 Å². The zero-order chi connectivity index (χ0) is 20.2. The van der Waals surface area contributed by atoms with Crippen molar-refractivity contribution in [2.24, 2.45) is 0 Å². The van der Waals surface area contributed by atoms with E-state index in [0.29, 0.717) is 12.1 Å². The fraction of sp³-hybridized carbons (Fsp3) is 0.0870. The van der Waals surface area contributed by atoms with Gasteiger partial charge in [0.25, 0.3) is 5.91 Å². The third kappa shape index (κ3) is 4.23. The molecule has 2 heterocycles. The number of nitrogens with one attached hydrogen (secondary N) is 1. The largest absolute Gasteiger partial charge is 0.288 e. The Morgan fingerprint density at radius 1 is 0.966 bits per heavy atom. The summed E-state index contributed by atoms with van der Waals surface area (Å²) in [5, 5.41) is 13.4. The molecule has 0 bridgehead atoms. The van der Waals surface area contributed by atoms with Crippen LogP contribution in [0.4, 0.5) is 0 Å². The summed E-state index contributed by atoms with van der Waals surface area (Å²) >= 11 is 0. The molecule has 0 saturated heterocycles. The van der Waals surface area contributed by atoms with Crippen LogP contribution in [0.5, 0.6) is 0 Å². The highest BCUT2D eigenvalue weighted by Crippen LogP contribution is 2.24. The Hall–Kier alpha value is -3.77. The number of hydroxylamine groups is 1. The van der Waals surface area contributed by atoms with Crippen molar-refractivity contribution >= 4 is 5.91 Å². The van der Waals surface area contributed by atoms with Crippen LogP contribution in [0, 0.1) is 6.92 Å². The van der Waals surface area contributed by atoms with E-state index >= 15 is 0 Å². The van der Waals surface area contributed by atoms with Gasteiger partial charge in [-0.1, -0.05) is 42.0 Å². The Morgan fingerprint density at radius 3 is 2.45 bits per heavy atom. The fourth-order valence-electron chi connectivity index (χ4n) is 3.09. The van der Waals surface area contributed by atoms with Crippen LogP contribution < -0.4 is 5.48 Å². The van der Waals surface area contributed by atoms with Crippen LogP contribution >= 0.6 is 0 Å². The normalized spacial score (nSPS) is 10.7. The van der Waals surface area contributed by atoms with Crippen molar-refractivity contribution in [3.05, 3.63) is 95.8 Å². The monoisotopic (exact) mass is 384 g/mol. The highest BCUT2D eigenvalue weighted by molar-refractivity contribution is 5.93. The molecule has 144 valence electrons. The van der Waals surface area contributed by atoms with Gasteiger partial charge in [-0.2, -0.15) is 5.10 Å². The Bertz CT molecular complexity index is 1130. The number of aryl methyl sites for hydroxylation is 1. The zero-order valence-electron chi connectivity index (χ0n) is 15.9. The summed E-state index contributed by atoms with van der Waals surface area (Å²) in [6, 6.07) is 21.3. The average Bonchev–Trinajstić information content (AvgIpc) is 3.23. The summed E-state index contributed by atoms with van der Waals surface area (Å²) in [5.41, 5.74) is 8.11. The first-order chi connectivity index (χ1) is 14.1. The first kappa shape index (κ1) is 18.6. The Kier molecular flexibility index (Phi) is 5.18. The van der Waals surface area contributed by atoms with Crippen molar-refractivity contribution in [1.82, 2.24) is 20.2 Å². The molecular weight excluding hydrogens is 364 g/mol. The van der Waals surface area contributed by atoms with Crippen LogP contribution in [-0.4, -0.2) is 25.9 Å². The zero-order valence-corrected chi connectivity index (χ0v) is 15.9. The van der Waals surface area contributed by atoms with Crippen molar-refractivity contribution in [3.8, 4) is 22.5 Å². The maximum Gasteiger partial charge on any atom is 0.274 e. The van der Waals surface area contributed by atoms with Gasteiger partial charge in [-0.15, -0.1) is 0 Å². The molecule has 1 amide bonds. The number of amides is 1. The van der Waals surface area contributed by atoms with Crippen molar-refractivity contribution in [2.75, 3.05) is 0 Å². The van der Waals surface area contributed by atoms with E-state index in [0.717, 1.165) is 28.1 Å². The Balaban J connectivity index is 1.52. The minimum Gasteiger partial charge on any atom is -0.288 e. The second kappa shape index (κ2) is 8.08. The molecule has 6 heteroatoms. The summed E-state index contributed by atoms with van der Waals surface area (Å²) < 4.78 is 1.85. The van der Waals surface area contributed by atoms with Gasteiger partial charge in [0, 0.05) is 29.1 Å². The highest BCUT2D eigenvalue weighted by Gasteiger charge is 2.07. The molecule has 0 aliphatic heterocycles. The van der Waals surface area contributed by atoms with Gasteiger partial charge in [0.15, 0.2) is 0 Å². The predicted octanol–water partition coefficient (Wildman–Crippen LogP) is 4.09. The number of rotatable bonds is 5. The second-order valence-corrected chi connectivity index (χ2v) is 6.83. The number of carbonyl (C=O) groups is 1. The van der Waals surface area contributed by atoms with Crippen LogP contribution in [-0.2, 0) is 6.54 Å². The third-order valence-corrected chi connectivity index (χ3v) is 4.71. The van der Waals surface area contributed by atoms with Gasteiger partial charge in [0.05, 0.1) is 17.9 Å². The third-order valence-electron chi connectivity index (χ3n) is 4.71. The van der Waals surface area contributed by atoms with Crippen molar-refractivity contribution < 1.29 is 10.0 Å². The van der Waals surface area contributed by atoms with Crippen LogP contribution in [0.15, 0.2) is 79.1 Å². The molecular formula is C23H20N4O2. The molecule has 4 rings (SSSR count). The molecule has 0 aliphatic carbocycles. The molecule has 2 aromatic heterocycles. The van der Waals surface area contributed by atoms with Crippen molar-refractivity contribution in [1.29, 1.82) is 0 Å². The van der Waals surface area contributed by atoms with Gasteiger partial charge in [-0.3, -0.25) is 19.7 Å². The number of hydrogen-bond acceptors (Lipinski definition) is 4. The number of pyridine rings is 1. The fourth-order valence-corrected chi connectivity index (χ4v) is 3.09. The quantitative estimate of drug-likeness (QED) is 0.401. The molecule has 0 unspecified atom stereocenters. The lowest BCUT2D eigenvalue weighted by molar-refractivity contribution is 0.0706. The molecule has 0 spiro atoms. The number of benzene rings is 2. The predicted molar refractivity (Wildman–Crippen MR) is 110 cm³/mol. The van der Waals surface area contributed by atoms with Crippen LogP contribution in [0.1, 0.15) is 21.5 Å². The lowest BCUT2D eigenvalue weighted by Crippen LogP contribution is -2.18. The van der Waals surface area contributed by atoms with E-state index in [-0.39, 0.29) is 0 Å². The number of hydrogen-bond donors (Lipinski definition) is 2. The van der Waals surface area contributed by atoms with E-state index < -0.39 is 5.91 Å². The summed E-state index contributed by atoms with van der Waals surface area (Å²) in [5.74, 6) is -0.528. The first-order valence-corrected chi connectivity index (χ1v) is 9.23. The maximum atomic E-state index is 11.4. The molecule has 0 saturated carbocycles. The van der Waals surface area contributed by atoms with Gasteiger partial charge in [0.1, 0.15) is 0 Å². The topological polar surface area (TPSA) is 80.0 Å². The molecule has 0 atom stereocenters. The molecule has 0 aliphatic rings. The SMILES string of the molecule is Cc1ccc(-c2cc(-c3ccn(Cc4ccc(C(=O)NO)cc4)n3)ccn2)cc1. The minimum atomic E-state index is -0.528. The van der Waals surface area contributed by atoms with Crippen LogP contribution in [0.25, 0.3) is 22.5 Å². The highest BCUT2D eigenvalue weighted by atomic mass is 16.5. The van der Waals surface area contributed by atoms with Gasteiger partial charge in [0.2, 0.25) is 0 Å². The maximum absolute atomic E-state index is 11.4. The number of carbonyl (C=O) groups excluding carboxylic acids is 1. The van der Waals surface area contributed by atoms with E-state index in [2.05, 4.69) is 41.3 Å². The molecule has 0 fully saturated rings. The Morgan fingerprint density at radius 2 is 1.72 bits per heavy atom. The summed E-state index contributed by atoms with van der Waals surface area (Å²) in [4.78, 5) is 15.9. The van der Waals surface area contributed by atoms with Crippen LogP contribution in [0.3, 0.4) is 0 Å². The van der Waals surface area contributed by atoms with Crippen molar-refractivity contribution in [2.45, 2.75) is 13.5 Å². The summed E-state index contributed by atoms with van der Waals surface area (Å²) in [6.45, 7) is 2.64. The lowest BCUT2D eigenvalue weighted by Gasteiger charge is -2.05. The van der Waals surface area contributed by atoms with E-state index in [1.54, 1.807) is 23.8 Å². The average molecular weight is 384 g/mol. The second-order valence-electron chi connectivity index (χ2n) is 6.83. The molecule has 2 N–H and O–H groups in total. The number of nitrogens with zero attached hydrogens (tertiary/aromatic N) is 3. The molecule has 29 heavy (non-hydrogen) atoms. The first-order valence-electron chi connectivity index (χ1n) is 9.23. The molecule has 4 aromatic rings. The van der Waals surface area contributed by atoms with Gasteiger partial charge in [-0.25, -0.2) is 5.48 Å². The van der Waals surface area contributed by atoms with Crippen molar-refractivity contribution in [3.63, 3.8) is 0 Å². The number of aromatic nitrogens is 3. The van der Waals surface area contributed by atoms with Gasteiger partial charge >= 0.3 is 0 Å². The smallest absolute Gasteiger partial charge is 0.274 e. The van der Waals surface area contributed by atoms with E-state index in [1.165, 1.54) is 5.56 Å². The van der Waals surface area contributed by atoms with E-state index in [4.69, 9.17) is 5.21 Å². The van der Waals surface area contributed by atoms with Gasteiger partial charge in [-0.05, 0) is 42.8 Å². The van der Waals surface area contributed by atoms with E-state index in [1.807, 2.05) is 41.2 Å². The molecule has 6 nitrogen and oxygen atoms in total. The minimum absolute atomic E-state index is 0.401. The molecule has 0 radical (unpaired) electrons. The molecule has 2 aromatic carbocycles. The van der Waals surface area contributed by atoms with E-state index in [9.17, 15) is 4.79 Å². The summed E-state index contributed by atoms with van der Waals surface area (Å²) in [7, 11) is 0. The standard InChI is InChI=1S/C23H20N4O2/c1-16-2-6-18(7-3-16)22-14-20(10-12-24-22)21-11-13-27(25-21)15-17-4-8-19(9-5-17)23(28)26-29/h2-14,29H,15H2,1H3,(H,26,28). The lowest BCUT2D eigenvalue weighted by atomic mass is 10.1.